The van der Waals surface area contributed by atoms with Crippen molar-refractivity contribution >= 4 is 34.6 Å². The SMILES string of the molecule is C=C(C(=O)OC)[C@@H]1Oc2ccccc2[C@]1(NP(=S)(c1ccccc1)c1ccccc1)c1ccccc1. The fourth-order valence-electron chi connectivity index (χ4n) is 4.82. The average molecular weight is 512 g/mol. The van der Waals surface area contributed by atoms with Crippen molar-refractivity contribution < 1.29 is 14.3 Å². The number of ether oxygens (including phenoxy) is 2. The maximum atomic E-state index is 12.8. The molecule has 1 N–H and O–H groups in total. The van der Waals surface area contributed by atoms with Gasteiger partial charge >= 0.3 is 5.97 Å². The minimum Gasteiger partial charge on any atom is -0.482 e. The van der Waals surface area contributed by atoms with Crippen molar-refractivity contribution in [1.29, 1.82) is 0 Å². The second-order valence-electron chi connectivity index (χ2n) is 8.58. The van der Waals surface area contributed by atoms with Gasteiger partial charge in [-0.2, -0.15) is 0 Å². The van der Waals surface area contributed by atoms with E-state index in [1.807, 2.05) is 91.0 Å². The van der Waals surface area contributed by atoms with Gasteiger partial charge in [0.2, 0.25) is 0 Å². The summed E-state index contributed by atoms with van der Waals surface area (Å²) in [5, 5.41) is 5.97. The van der Waals surface area contributed by atoms with Crippen LogP contribution in [0.1, 0.15) is 11.1 Å². The van der Waals surface area contributed by atoms with Crippen molar-refractivity contribution in [1.82, 2.24) is 5.09 Å². The van der Waals surface area contributed by atoms with Gasteiger partial charge in [0.05, 0.1) is 18.9 Å². The van der Waals surface area contributed by atoms with E-state index in [2.05, 4.69) is 35.9 Å². The molecule has 0 unspecified atom stereocenters. The number of hydrogen-bond donors (Lipinski definition) is 1. The predicted molar refractivity (Wildman–Crippen MR) is 149 cm³/mol. The maximum absolute atomic E-state index is 12.8. The first-order valence-corrected chi connectivity index (χ1v) is 14.4. The molecule has 2 atom stereocenters. The van der Waals surface area contributed by atoms with E-state index in [-0.39, 0.29) is 5.57 Å². The lowest BCUT2D eigenvalue weighted by Gasteiger charge is -2.41. The molecule has 0 saturated heterocycles. The predicted octanol–water partition coefficient (Wildman–Crippen LogP) is 5.06. The third-order valence-corrected chi connectivity index (χ3v) is 10.8. The van der Waals surface area contributed by atoms with Crippen LogP contribution in [0, 0.1) is 0 Å². The molecule has 0 fully saturated rings. The monoisotopic (exact) mass is 511 g/mol. The summed E-state index contributed by atoms with van der Waals surface area (Å²) in [5.74, 6) is 0.147. The van der Waals surface area contributed by atoms with Gasteiger partial charge in [-0.25, -0.2) is 4.79 Å². The lowest BCUT2D eigenvalue weighted by atomic mass is 9.78. The third kappa shape index (κ3) is 4.00. The standard InChI is InChI=1S/C30H26NO3PS/c1-22(29(32)33-2)28-30(23-14-6-3-7-15-23,26-20-12-13-21-27(26)34-28)31-35(36,24-16-8-4-9-17-24)25-18-10-5-11-19-25/h3-21,28H,1H2,2H3,(H,31,36)/t28-,30+/m0/s1. The summed E-state index contributed by atoms with van der Waals surface area (Å²) in [6.07, 6.45) is -3.44. The van der Waals surface area contributed by atoms with Gasteiger partial charge in [0.25, 0.3) is 0 Å². The number of para-hydroxylation sites is 1. The quantitative estimate of drug-likeness (QED) is 0.214. The van der Waals surface area contributed by atoms with Crippen LogP contribution in [0.4, 0.5) is 0 Å². The molecular formula is C30H26NO3PS. The smallest absolute Gasteiger partial charge is 0.337 e. The molecule has 1 aliphatic heterocycles. The van der Waals surface area contributed by atoms with Gasteiger partial charge in [-0.15, -0.1) is 0 Å². The molecule has 5 rings (SSSR count). The lowest BCUT2D eigenvalue weighted by molar-refractivity contribution is -0.137. The number of carbonyl (C=O) groups is 1. The minimum absolute atomic E-state index is 0.215. The number of carbonyl (C=O) groups excluding carboxylic acids is 1. The highest BCUT2D eigenvalue weighted by Gasteiger charge is 2.55. The Balaban J connectivity index is 1.82. The molecule has 6 heteroatoms. The molecular weight excluding hydrogens is 485 g/mol. The van der Waals surface area contributed by atoms with Gasteiger partial charge in [0.1, 0.15) is 11.3 Å². The van der Waals surface area contributed by atoms with E-state index >= 15 is 0 Å². The van der Waals surface area contributed by atoms with Crippen LogP contribution < -0.4 is 20.4 Å². The van der Waals surface area contributed by atoms with E-state index in [0.29, 0.717) is 5.75 Å². The molecule has 0 aliphatic carbocycles. The van der Waals surface area contributed by atoms with Crippen molar-refractivity contribution in [3.8, 4) is 5.75 Å². The minimum atomic E-state index is -2.67. The fraction of sp³-hybridized carbons (Fsp3) is 0.100. The molecule has 0 amide bonds. The Hall–Kier alpha value is -3.50. The largest absolute Gasteiger partial charge is 0.482 e. The molecule has 4 aromatic rings. The normalized spacial score (nSPS) is 18.6. The van der Waals surface area contributed by atoms with E-state index in [1.165, 1.54) is 7.11 Å². The zero-order valence-electron chi connectivity index (χ0n) is 19.8. The van der Waals surface area contributed by atoms with E-state index < -0.39 is 23.8 Å². The molecule has 0 saturated carbocycles. The summed E-state index contributed by atoms with van der Waals surface area (Å²) < 4.78 is 11.6. The molecule has 0 aromatic heterocycles. The number of rotatable bonds is 7. The molecule has 4 aromatic carbocycles. The van der Waals surface area contributed by atoms with Gasteiger partial charge in [0, 0.05) is 16.2 Å². The highest BCUT2D eigenvalue weighted by Crippen LogP contribution is 2.54. The Bertz CT molecular complexity index is 1400. The molecule has 36 heavy (non-hydrogen) atoms. The molecule has 0 spiro atoms. The van der Waals surface area contributed by atoms with Gasteiger partial charge in [0.15, 0.2) is 6.10 Å². The Morgan fingerprint density at radius 3 is 1.92 bits per heavy atom. The summed E-state index contributed by atoms with van der Waals surface area (Å²) in [5.41, 5.74) is 1.04. The number of nitrogens with one attached hydrogen (secondary N) is 1. The van der Waals surface area contributed by atoms with Gasteiger partial charge in [-0.1, -0.05) is 128 Å². The third-order valence-electron chi connectivity index (χ3n) is 6.52. The van der Waals surface area contributed by atoms with Crippen molar-refractivity contribution in [3.63, 3.8) is 0 Å². The molecule has 0 radical (unpaired) electrons. The highest BCUT2D eigenvalue weighted by molar-refractivity contribution is 8.21. The zero-order valence-corrected chi connectivity index (χ0v) is 21.5. The Morgan fingerprint density at radius 2 is 1.36 bits per heavy atom. The van der Waals surface area contributed by atoms with E-state index in [0.717, 1.165) is 21.7 Å². The van der Waals surface area contributed by atoms with Crippen LogP contribution in [0.5, 0.6) is 5.75 Å². The summed E-state index contributed by atoms with van der Waals surface area (Å²) in [6, 6.07) is 38.0. The average Bonchev–Trinajstić information content (AvgIpc) is 3.28. The molecule has 1 aliphatic rings. The first-order valence-electron chi connectivity index (χ1n) is 11.6. The second-order valence-corrected chi connectivity index (χ2v) is 12.7. The second kappa shape index (κ2) is 9.87. The number of fused-ring (bicyclic) bond motifs is 1. The van der Waals surface area contributed by atoms with Crippen LogP contribution >= 0.6 is 6.19 Å². The number of benzene rings is 4. The van der Waals surface area contributed by atoms with Crippen LogP contribution in [-0.2, 0) is 26.9 Å². The Labute approximate surface area is 216 Å². The van der Waals surface area contributed by atoms with Crippen LogP contribution in [-0.4, -0.2) is 19.2 Å². The van der Waals surface area contributed by atoms with Crippen LogP contribution in [0.15, 0.2) is 127 Å². The number of hydrogen-bond acceptors (Lipinski definition) is 4. The highest BCUT2D eigenvalue weighted by atomic mass is 32.4. The van der Waals surface area contributed by atoms with Crippen molar-refractivity contribution in [2.75, 3.05) is 7.11 Å². The topological polar surface area (TPSA) is 47.6 Å². The van der Waals surface area contributed by atoms with Crippen molar-refractivity contribution in [2.24, 2.45) is 0 Å². The van der Waals surface area contributed by atoms with Crippen molar-refractivity contribution in [2.45, 2.75) is 11.6 Å². The summed E-state index contributed by atoms with van der Waals surface area (Å²) in [7, 11) is 1.35. The molecule has 0 bridgehead atoms. The van der Waals surface area contributed by atoms with E-state index in [4.69, 9.17) is 21.3 Å². The van der Waals surface area contributed by atoms with Gasteiger partial charge < -0.3 is 9.47 Å². The Morgan fingerprint density at radius 1 is 0.861 bits per heavy atom. The maximum Gasteiger partial charge on any atom is 0.337 e. The molecule has 180 valence electrons. The molecule has 1 heterocycles. The fourth-order valence-corrected chi connectivity index (χ4v) is 8.58. The van der Waals surface area contributed by atoms with Crippen LogP contribution in [0.3, 0.4) is 0 Å². The van der Waals surface area contributed by atoms with Crippen LogP contribution in [0.2, 0.25) is 0 Å². The Kier molecular flexibility index (Phi) is 6.63. The molecule has 4 nitrogen and oxygen atoms in total. The van der Waals surface area contributed by atoms with E-state index in [1.54, 1.807) is 0 Å². The first kappa shape index (κ1) is 24.2. The van der Waals surface area contributed by atoms with E-state index in [9.17, 15) is 4.79 Å². The summed E-state index contributed by atoms with van der Waals surface area (Å²) >= 11 is 6.60. The summed E-state index contributed by atoms with van der Waals surface area (Å²) in [4.78, 5) is 12.8. The van der Waals surface area contributed by atoms with Crippen LogP contribution in [0.25, 0.3) is 0 Å². The first-order chi connectivity index (χ1) is 17.5. The number of methoxy groups -OCH3 is 1. The summed E-state index contributed by atoms with van der Waals surface area (Å²) in [6.45, 7) is 4.13. The van der Waals surface area contributed by atoms with Gasteiger partial charge in [-0.3, -0.25) is 5.09 Å². The number of esters is 1. The van der Waals surface area contributed by atoms with Gasteiger partial charge in [-0.05, 0) is 11.6 Å². The van der Waals surface area contributed by atoms with Crippen molar-refractivity contribution in [3.05, 3.63) is 139 Å². The zero-order chi connectivity index (χ0) is 25.2. The lowest BCUT2D eigenvalue weighted by Crippen LogP contribution is -2.53.